The Bertz CT molecular complexity index is 730. The maximum Gasteiger partial charge on any atom is 0.224 e. The fourth-order valence-electron chi connectivity index (χ4n) is 1.56. The molecule has 0 fully saturated rings. The number of thioether (sulfide) groups is 1. The van der Waals surface area contributed by atoms with Crippen LogP contribution in [0.2, 0.25) is 10.0 Å². The molecule has 3 rings (SSSR count). The van der Waals surface area contributed by atoms with Gasteiger partial charge in [-0.15, -0.1) is 22.0 Å². The quantitative estimate of drug-likeness (QED) is 0.751. The molecule has 19 heavy (non-hydrogen) atoms. The molecule has 8 heteroatoms. The smallest absolute Gasteiger partial charge is 0.195 e. The van der Waals surface area contributed by atoms with Crippen molar-refractivity contribution in [2.75, 3.05) is 0 Å². The number of aromatic amines is 1. The van der Waals surface area contributed by atoms with Gasteiger partial charge in [-0.2, -0.15) is 15.4 Å². The summed E-state index contributed by atoms with van der Waals surface area (Å²) in [6.45, 7) is 0. The average Bonchev–Trinajstić information content (AvgIpc) is 2.86. The van der Waals surface area contributed by atoms with Gasteiger partial charge in [-0.1, -0.05) is 29.3 Å². The minimum atomic E-state index is 0.507. The molecule has 0 atom stereocenters. The molecule has 3 aromatic rings. The Balaban J connectivity index is 1.84. The van der Waals surface area contributed by atoms with E-state index in [0.717, 1.165) is 10.5 Å². The van der Waals surface area contributed by atoms with Crippen molar-refractivity contribution < 1.29 is 0 Å². The van der Waals surface area contributed by atoms with Crippen molar-refractivity contribution in [3.8, 4) is 0 Å². The Labute approximate surface area is 122 Å². The molecule has 1 N–H and O–H groups in total. The van der Waals surface area contributed by atoms with Gasteiger partial charge in [0.1, 0.15) is 5.52 Å². The number of hydrogen-bond acceptors (Lipinski definition) is 5. The van der Waals surface area contributed by atoms with Crippen LogP contribution in [0.25, 0.3) is 11.2 Å². The molecular weight excluding hydrogens is 305 g/mol. The largest absolute Gasteiger partial charge is 0.224 e. The molecule has 0 amide bonds. The Hall–Kier alpha value is -1.37. The van der Waals surface area contributed by atoms with Gasteiger partial charge in [-0.3, -0.25) is 0 Å². The van der Waals surface area contributed by atoms with Crippen molar-refractivity contribution in [2.45, 2.75) is 10.6 Å². The SMILES string of the molecule is Clc1ccc(CSc2cnnc3n[nH]nc23)c(Cl)c1. The molecule has 96 valence electrons. The van der Waals surface area contributed by atoms with Crippen LogP contribution < -0.4 is 0 Å². The summed E-state index contributed by atoms with van der Waals surface area (Å²) < 4.78 is 0. The highest BCUT2D eigenvalue weighted by molar-refractivity contribution is 7.98. The van der Waals surface area contributed by atoms with Crippen LogP contribution in [0.1, 0.15) is 5.56 Å². The second-order valence-electron chi connectivity index (χ2n) is 3.73. The lowest BCUT2D eigenvalue weighted by atomic mass is 10.2. The first-order valence-corrected chi connectivity index (χ1v) is 7.07. The zero-order chi connectivity index (χ0) is 13.2. The van der Waals surface area contributed by atoms with E-state index in [1.165, 1.54) is 0 Å². The molecule has 5 nitrogen and oxygen atoms in total. The van der Waals surface area contributed by atoms with Crippen LogP contribution >= 0.6 is 35.0 Å². The summed E-state index contributed by atoms with van der Waals surface area (Å²) in [7, 11) is 0. The van der Waals surface area contributed by atoms with E-state index in [1.807, 2.05) is 12.1 Å². The topological polar surface area (TPSA) is 67.3 Å². The van der Waals surface area contributed by atoms with Crippen LogP contribution in [0.15, 0.2) is 29.3 Å². The number of fused-ring (bicyclic) bond motifs is 1. The average molecular weight is 312 g/mol. The fourth-order valence-corrected chi connectivity index (χ4v) is 3.07. The summed E-state index contributed by atoms with van der Waals surface area (Å²) in [6, 6.07) is 5.46. The highest BCUT2D eigenvalue weighted by Gasteiger charge is 2.09. The molecule has 0 bridgehead atoms. The lowest BCUT2D eigenvalue weighted by Gasteiger charge is -2.04. The molecule has 0 spiro atoms. The summed E-state index contributed by atoms with van der Waals surface area (Å²) >= 11 is 13.6. The zero-order valence-corrected chi connectivity index (χ0v) is 11.8. The summed E-state index contributed by atoms with van der Waals surface area (Å²) in [5, 5.41) is 19.5. The van der Waals surface area contributed by atoms with Crippen LogP contribution in [-0.4, -0.2) is 25.6 Å². The minimum absolute atomic E-state index is 0.507. The number of hydrogen-bond donors (Lipinski definition) is 1. The minimum Gasteiger partial charge on any atom is -0.195 e. The fraction of sp³-hybridized carbons (Fsp3) is 0.0909. The second-order valence-corrected chi connectivity index (χ2v) is 5.59. The zero-order valence-electron chi connectivity index (χ0n) is 9.47. The Kier molecular flexibility index (Phi) is 3.54. The van der Waals surface area contributed by atoms with Crippen molar-refractivity contribution in [2.24, 2.45) is 0 Å². The molecule has 0 unspecified atom stereocenters. The predicted octanol–water partition coefficient (Wildman–Crippen LogP) is 3.35. The molecule has 2 aromatic heterocycles. The monoisotopic (exact) mass is 311 g/mol. The predicted molar refractivity (Wildman–Crippen MR) is 75.5 cm³/mol. The van der Waals surface area contributed by atoms with Gasteiger partial charge >= 0.3 is 0 Å². The maximum atomic E-state index is 6.13. The summed E-state index contributed by atoms with van der Waals surface area (Å²) in [4.78, 5) is 0.907. The van der Waals surface area contributed by atoms with E-state index in [9.17, 15) is 0 Å². The van der Waals surface area contributed by atoms with E-state index in [1.54, 1.807) is 24.0 Å². The maximum absolute atomic E-state index is 6.13. The highest BCUT2D eigenvalue weighted by Crippen LogP contribution is 2.30. The summed E-state index contributed by atoms with van der Waals surface area (Å²) in [6.07, 6.45) is 1.67. The van der Waals surface area contributed by atoms with Gasteiger partial charge in [-0.05, 0) is 17.7 Å². The van der Waals surface area contributed by atoms with E-state index >= 15 is 0 Å². The molecule has 2 heterocycles. The van der Waals surface area contributed by atoms with Crippen LogP contribution in [0.3, 0.4) is 0 Å². The van der Waals surface area contributed by atoms with Gasteiger partial charge < -0.3 is 0 Å². The van der Waals surface area contributed by atoms with Crippen LogP contribution in [-0.2, 0) is 5.75 Å². The van der Waals surface area contributed by atoms with E-state index < -0.39 is 0 Å². The van der Waals surface area contributed by atoms with E-state index in [2.05, 4.69) is 25.6 Å². The third-order valence-corrected chi connectivity index (χ3v) is 4.14. The van der Waals surface area contributed by atoms with Crippen molar-refractivity contribution in [3.05, 3.63) is 40.0 Å². The lowest BCUT2D eigenvalue weighted by Crippen LogP contribution is -1.87. The van der Waals surface area contributed by atoms with Crippen LogP contribution in [0.5, 0.6) is 0 Å². The number of nitrogens with one attached hydrogen (secondary N) is 1. The summed E-state index contributed by atoms with van der Waals surface area (Å²) in [5.74, 6) is 0.698. The third-order valence-electron chi connectivity index (χ3n) is 2.49. The Morgan fingerprint density at radius 1 is 1.21 bits per heavy atom. The second kappa shape index (κ2) is 5.32. The van der Waals surface area contributed by atoms with Gasteiger partial charge in [0.2, 0.25) is 5.65 Å². The molecular formula is C11H7Cl2N5S. The molecule has 0 saturated heterocycles. The van der Waals surface area contributed by atoms with Crippen molar-refractivity contribution >= 4 is 46.1 Å². The third kappa shape index (κ3) is 2.65. The van der Waals surface area contributed by atoms with Gasteiger partial charge in [-0.25, -0.2) is 0 Å². The lowest BCUT2D eigenvalue weighted by molar-refractivity contribution is 0.946. The number of rotatable bonds is 3. The molecule has 0 aliphatic heterocycles. The molecule has 0 saturated carbocycles. The molecule has 0 aliphatic rings. The summed E-state index contributed by atoms with van der Waals surface area (Å²) in [5.41, 5.74) is 2.22. The molecule has 1 aromatic carbocycles. The molecule has 0 aliphatic carbocycles. The molecule has 0 radical (unpaired) electrons. The first-order valence-electron chi connectivity index (χ1n) is 5.33. The van der Waals surface area contributed by atoms with Gasteiger partial charge in [0.05, 0.1) is 11.1 Å². The standard InChI is InChI=1S/C11H7Cl2N5S/c12-7-2-1-6(8(13)3-7)5-19-9-4-14-16-11-10(9)15-18-17-11/h1-4H,5H2,(H,15,16,17,18). The van der Waals surface area contributed by atoms with Crippen LogP contribution in [0.4, 0.5) is 0 Å². The Morgan fingerprint density at radius 2 is 2.11 bits per heavy atom. The van der Waals surface area contributed by atoms with Crippen molar-refractivity contribution in [1.29, 1.82) is 0 Å². The number of benzene rings is 1. The van der Waals surface area contributed by atoms with Gasteiger partial charge in [0.25, 0.3) is 0 Å². The van der Waals surface area contributed by atoms with Crippen molar-refractivity contribution in [1.82, 2.24) is 25.6 Å². The van der Waals surface area contributed by atoms with Crippen molar-refractivity contribution in [3.63, 3.8) is 0 Å². The van der Waals surface area contributed by atoms with E-state index in [4.69, 9.17) is 23.2 Å². The number of nitrogens with zero attached hydrogens (tertiary/aromatic N) is 4. The first kappa shape index (κ1) is 12.7. The highest BCUT2D eigenvalue weighted by atomic mass is 35.5. The van der Waals surface area contributed by atoms with E-state index in [0.29, 0.717) is 27.0 Å². The Morgan fingerprint density at radius 3 is 2.95 bits per heavy atom. The normalized spacial score (nSPS) is 11.1. The number of aromatic nitrogens is 5. The van der Waals surface area contributed by atoms with Gasteiger partial charge in [0.15, 0.2) is 0 Å². The number of H-pyrrole nitrogens is 1. The number of halogens is 2. The first-order chi connectivity index (χ1) is 9.24. The van der Waals surface area contributed by atoms with Gasteiger partial charge in [0, 0.05) is 15.8 Å². The van der Waals surface area contributed by atoms with Crippen LogP contribution in [0, 0.1) is 0 Å². The van der Waals surface area contributed by atoms with E-state index in [-0.39, 0.29) is 0 Å².